The number of ether oxygens (including phenoxy) is 2. The Kier molecular flexibility index (Phi) is 6.23. The van der Waals surface area contributed by atoms with Crippen LogP contribution in [0.4, 0.5) is 5.69 Å². The minimum atomic E-state index is -0.718. The van der Waals surface area contributed by atoms with Gasteiger partial charge in [-0.15, -0.1) is 11.3 Å². The zero-order chi connectivity index (χ0) is 15.8. The van der Waals surface area contributed by atoms with Gasteiger partial charge in [0.1, 0.15) is 10.9 Å². The highest BCUT2D eigenvalue weighted by atomic mass is 32.1. The second-order valence-electron chi connectivity index (χ2n) is 3.77. The topological polar surface area (TPSA) is 100 Å². The van der Waals surface area contributed by atoms with Crippen molar-refractivity contribution in [2.24, 2.45) is 0 Å². The average molecular weight is 309 g/mol. The van der Waals surface area contributed by atoms with Gasteiger partial charge in [0.2, 0.25) is 0 Å². The van der Waals surface area contributed by atoms with Crippen molar-refractivity contribution in [3.63, 3.8) is 0 Å². The van der Waals surface area contributed by atoms with Gasteiger partial charge in [0.15, 0.2) is 5.57 Å². The summed E-state index contributed by atoms with van der Waals surface area (Å²) in [5.41, 5.74) is 6.54. The molecule has 0 unspecified atom stereocenters. The van der Waals surface area contributed by atoms with E-state index in [0.29, 0.717) is 10.6 Å². The van der Waals surface area contributed by atoms with Crippen molar-refractivity contribution in [1.82, 2.24) is 5.43 Å². The molecular formula is C13H15N3O4S. The number of nitriles is 1. The van der Waals surface area contributed by atoms with Crippen LogP contribution in [0.1, 0.15) is 22.2 Å². The number of carbonyl (C=O) groups excluding carboxylic acids is 2. The van der Waals surface area contributed by atoms with Crippen LogP contribution in [0, 0.1) is 18.3 Å². The molecule has 2 N–H and O–H groups in total. The summed E-state index contributed by atoms with van der Waals surface area (Å²) in [6.45, 7) is 3.64. The molecule has 0 spiro atoms. The number of hydrogen-bond donors (Lipinski definition) is 2. The van der Waals surface area contributed by atoms with E-state index in [4.69, 9.17) is 10.00 Å². The molecule has 0 amide bonds. The molecule has 8 heteroatoms. The molecule has 1 rings (SSSR count). The van der Waals surface area contributed by atoms with Crippen LogP contribution in [0.25, 0.3) is 0 Å². The summed E-state index contributed by atoms with van der Waals surface area (Å²) < 4.78 is 9.39. The van der Waals surface area contributed by atoms with Crippen molar-refractivity contribution < 1.29 is 19.1 Å². The lowest BCUT2D eigenvalue weighted by Crippen LogP contribution is -2.19. The van der Waals surface area contributed by atoms with Crippen LogP contribution in [0.2, 0.25) is 0 Å². The summed E-state index contributed by atoms with van der Waals surface area (Å²) in [6, 6.07) is 1.72. The van der Waals surface area contributed by atoms with Gasteiger partial charge < -0.3 is 14.9 Å². The number of carbonyl (C=O) groups is 2. The molecule has 0 fully saturated rings. The Morgan fingerprint density at radius 1 is 1.52 bits per heavy atom. The summed E-state index contributed by atoms with van der Waals surface area (Å²) in [5, 5.41) is 10.6. The SMILES string of the molecule is CCOC(=O)C(C#N)=CNNc1c(C)csc1C(=O)OC. The van der Waals surface area contributed by atoms with Crippen molar-refractivity contribution >= 4 is 29.0 Å². The average Bonchev–Trinajstić information content (AvgIpc) is 2.84. The molecule has 21 heavy (non-hydrogen) atoms. The fourth-order valence-electron chi connectivity index (χ4n) is 1.37. The van der Waals surface area contributed by atoms with Gasteiger partial charge in [0.25, 0.3) is 0 Å². The Morgan fingerprint density at radius 3 is 2.81 bits per heavy atom. The van der Waals surface area contributed by atoms with Gasteiger partial charge in [0.05, 0.1) is 19.4 Å². The fourth-order valence-corrected chi connectivity index (χ4v) is 2.29. The van der Waals surface area contributed by atoms with E-state index in [0.717, 1.165) is 5.56 Å². The number of hydrazine groups is 1. The summed E-state index contributed by atoms with van der Waals surface area (Å²) >= 11 is 1.23. The van der Waals surface area contributed by atoms with E-state index in [1.54, 1.807) is 18.4 Å². The number of nitrogens with zero attached hydrogens (tertiary/aromatic N) is 1. The molecule has 1 aromatic rings. The molecule has 0 aliphatic carbocycles. The molecular weight excluding hydrogens is 294 g/mol. The number of hydrogen-bond acceptors (Lipinski definition) is 8. The molecule has 0 saturated heterocycles. The van der Waals surface area contributed by atoms with E-state index in [2.05, 4.69) is 15.6 Å². The molecule has 0 saturated carbocycles. The zero-order valence-electron chi connectivity index (χ0n) is 11.9. The van der Waals surface area contributed by atoms with Crippen LogP contribution in [0.15, 0.2) is 17.2 Å². The van der Waals surface area contributed by atoms with Crippen molar-refractivity contribution in [1.29, 1.82) is 5.26 Å². The molecule has 0 aromatic carbocycles. The smallest absolute Gasteiger partial charge is 0.350 e. The molecule has 1 aromatic heterocycles. The van der Waals surface area contributed by atoms with Gasteiger partial charge in [-0.05, 0) is 24.8 Å². The highest BCUT2D eigenvalue weighted by Crippen LogP contribution is 2.27. The maximum absolute atomic E-state index is 11.6. The zero-order valence-corrected chi connectivity index (χ0v) is 12.7. The highest BCUT2D eigenvalue weighted by Gasteiger charge is 2.16. The number of esters is 2. The largest absolute Gasteiger partial charge is 0.465 e. The lowest BCUT2D eigenvalue weighted by molar-refractivity contribution is -0.138. The predicted molar refractivity (Wildman–Crippen MR) is 77.5 cm³/mol. The van der Waals surface area contributed by atoms with Crippen molar-refractivity contribution in [2.45, 2.75) is 13.8 Å². The van der Waals surface area contributed by atoms with Crippen LogP contribution in [-0.2, 0) is 14.3 Å². The van der Waals surface area contributed by atoms with E-state index < -0.39 is 11.9 Å². The van der Waals surface area contributed by atoms with Crippen molar-refractivity contribution in [3.8, 4) is 6.07 Å². The van der Waals surface area contributed by atoms with Gasteiger partial charge in [-0.1, -0.05) is 0 Å². The van der Waals surface area contributed by atoms with E-state index in [1.165, 1.54) is 24.6 Å². The Bertz CT molecular complexity index is 601. The molecule has 0 radical (unpaired) electrons. The lowest BCUT2D eigenvalue weighted by atomic mass is 10.3. The second kappa shape index (κ2) is 7.91. The summed E-state index contributed by atoms with van der Waals surface area (Å²) in [5.74, 6) is -1.18. The van der Waals surface area contributed by atoms with Crippen LogP contribution < -0.4 is 10.9 Å². The number of nitrogens with one attached hydrogen (secondary N) is 2. The Balaban J connectivity index is 2.80. The van der Waals surface area contributed by atoms with E-state index in [-0.39, 0.29) is 12.2 Å². The first-order valence-corrected chi connectivity index (χ1v) is 6.88. The Morgan fingerprint density at radius 2 is 2.24 bits per heavy atom. The predicted octanol–water partition coefficient (Wildman–Crippen LogP) is 1.73. The van der Waals surface area contributed by atoms with Crippen LogP contribution in [-0.4, -0.2) is 25.7 Å². The summed E-state index contributed by atoms with van der Waals surface area (Å²) in [4.78, 5) is 23.4. The van der Waals surface area contributed by atoms with Crippen molar-refractivity contribution in [3.05, 3.63) is 27.6 Å². The first kappa shape index (κ1) is 16.5. The first-order chi connectivity index (χ1) is 10.0. The highest BCUT2D eigenvalue weighted by molar-refractivity contribution is 7.12. The number of anilines is 1. The van der Waals surface area contributed by atoms with Gasteiger partial charge in [-0.3, -0.25) is 5.43 Å². The van der Waals surface area contributed by atoms with Crippen LogP contribution in [0.3, 0.4) is 0 Å². The monoisotopic (exact) mass is 309 g/mol. The third-order valence-corrected chi connectivity index (χ3v) is 3.45. The minimum absolute atomic E-state index is 0.182. The van der Waals surface area contributed by atoms with Gasteiger partial charge in [-0.2, -0.15) is 5.26 Å². The minimum Gasteiger partial charge on any atom is -0.465 e. The van der Waals surface area contributed by atoms with E-state index in [9.17, 15) is 9.59 Å². The third-order valence-electron chi connectivity index (χ3n) is 2.38. The van der Waals surface area contributed by atoms with Crippen LogP contribution in [0.5, 0.6) is 0 Å². The lowest BCUT2D eigenvalue weighted by Gasteiger charge is -2.08. The molecule has 7 nitrogen and oxygen atoms in total. The Labute approximate surface area is 126 Å². The number of thiophene rings is 1. The third kappa shape index (κ3) is 4.22. The normalized spacial score (nSPS) is 10.5. The van der Waals surface area contributed by atoms with Gasteiger partial charge in [0, 0.05) is 6.20 Å². The number of aryl methyl sites for hydroxylation is 1. The standard InChI is InChI=1S/C13H15N3O4S/c1-4-20-12(17)9(5-14)6-15-16-10-8(2)7-21-11(10)13(18)19-3/h6-7,15-16H,4H2,1-3H3. The summed E-state index contributed by atoms with van der Waals surface area (Å²) in [6.07, 6.45) is 1.18. The molecule has 0 aliphatic heterocycles. The van der Waals surface area contributed by atoms with Crippen LogP contribution >= 0.6 is 11.3 Å². The fraction of sp³-hybridized carbons (Fsp3) is 0.308. The van der Waals surface area contributed by atoms with Gasteiger partial charge >= 0.3 is 11.9 Å². The maximum atomic E-state index is 11.6. The maximum Gasteiger partial charge on any atom is 0.350 e. The summed E-state index contributed by atoms with van der Waals surface area (Å²) in [7, 11) is 1.29. The second-order valence-corrected chi connectivity index (χ2v) is 4.65. The first-order valence-electron chi connectivity index (χ1n) is 6.00. The van der Waals surface area contributed by atoms with E-state index >= 15 is 0 Å². The Hall–Kier alpha value is -2.53. The molecule has 0 aliphatic rings. The van der Waals surface area contributed by atoms with Crippen molar-refractivity contribution in [2.75, 3.05) is 19.1 Å². The number of methoxy groups -OCH3 is 1. The molecule has 112 valence electrons. The number of rotatable bonds is 6. The quantitative estimate of drug-likeness (QED) is 0.357. The van der Waals surface area contributed by atoms with E-state index in [1.807, 2.05) is 6.92 Å². The molecule has 0 atom stereocenters. The molecule has 0 bridgehead atoms. The molecule has 1 heterocycles. The van der Waals surface area contributed by atoms with Gasteiger partial charge in [-0.25, -0.2) is 9.59 Å².